The van der Waals surface area contributed by atoms with E-state index in [1.54, 1.807) is 24.3 Å². The van der Waals surface area contributed by atoms with Crippen molar-refractivity contribution < 1.29 is 9.90 Å². The second-order valence-corrected chi connectivity index (χ2v) is 6.33. The monoisotopic (exact) mass is 418 g/mol. The minimum Gasteiger partial charge on any atom is -0.493 e. The van der Waals surface area contributed by atoms with Crippen LogP contribution in [0.1, 0.15) is 15.9 Å². The highest BCUT2D eigenvalue weighted by atomic mass is 35.5. The average Bonchev–Trinajstić information content (AvgIpc) is 2.64. The third kappa shape index (κ3) is 3.98. The number of amides is 1. The van der Waals surface area contributed by atoms with Crippen LogP contribution in [0.4, 0.5) is 0 Å². The number of hydrogen-bond acceptors (Lipinski definition) is 5. The average molecular weight is 419 g/mol. The summed E-state index contributed by atoms with van der Waals surface area (Å²) in [4.78, 5) is 38.3. The van der Waals surface area contributed by atoms with Crippen LogP contribution in [0.5, 0.6) is 5.88 Å². The molecule has 0 saturated carbocycles. The summed E-state index contributed by atoms with van der Waals surface area (Å²) < 4.78 is 0.852. The van der Waals surface area contributed by atoms with E-state index in [1.807, 2.05) is 0 Å². The molecule has 0 aliphatic rings. The molecule has 0 spiro atoms. The highest BCUT2D eigenvalue weighted by molar-refractivity contribution is 6.33. The van der Waals surface area contributed by atoms with Crippen molar-refractivity contribution in [3.05, 3.63) is 90.5 Å². The van der Waals surface area contributed by atoms with Crippen molar-refractivity contribution in [1.82, 2.24) is 15.0 Å². The number of aromatic amines is 1. The fraction of sp³-hybridized carbons (Fsp3) is 0. The van der Waals surface area contributed by atoms with Gasteiger partial charge >= 0.3 is 5.69 Å². The predicted octanol–water partition coefficient (Wildman–Crippen LogP) is 2.30. The number of hydrogen-bond donors (Lipinski definition) is 3. The number of rotatable bonds is 4. The van der Waals surface area contributed by atoms with Gasteiger partial charge in [-0.05, 0) is 30.3 Å². The lowest BCUT2D eigenvalue weighted by Crippen LogP contribution is -2.31. The van der Waals surface area contributed by atoms with Crippen molar-refractivity contribution in [2.24, 2.45) is 5.10 Å². The van der Waals surface area contributed by atoms with Crippen molar-refractivity contribution in [2.75, 3.05) is 0 Å². The minimum absolute atomic E-state index is 0.184. The van der Waals surface area contributed by atoms with Gasteiger partial charge in [-0.3, -0.25) is 14.6 Å². The van der Waals surface area contributed by atoms with E-state index >= 15 is 0 Å². The van der Waals surface area contributed by atoms with Gasteiger partial charge in [0.2, 0.25) is 5.88 Å². The normalized spacial score (nSPS) is 10.9. The van der Waals surface area contributed by atoms with Gasteiger partial charge in [0.1, 0.15) is 5.56 Å². The molecule has 0 radical (unpaired) electrons. The first-order valence-corrected chi connectivity index (χ1v) is 8.56. The fourth-order valence-corrected chi connectivity index (χ4v) is 2.78. The molecule has 2 aromatic carbocycles. The Morgan fingerprint density at radius 2 is 1.89 bits per heavy atom. The Balaban J connectivity index is 1.94. The summed E-state index contributed by atoms with van der Waals surface area (Å²) in [6, 6.07) is 12.4. The smallest absolute Gasteiger partial charge is 0.335 e. The number of carbonyl (C=O) groups excluding carboxylic acids is 1. The highest BCUT2D eigenvalue weighted by Gasteiger charge is 2.15. The summed E-state index contributed by atoms with van der Waals surface area (Å²) in [7, 11) is 0. The van der Waals surface area contributed by atoms with Gasteiger partial charge in [0.15, 0.2) is 0 Å². The Kier molecular flexibility index (Phi) is 5.62. The molecule has 10 heteroatoms. The first kappa shape index (κ1) is 19.4. The number of aromatic hydroxyl groups is 1. The number of benzene rings is 2. The second kappa shape index (κ2) is 8.12. The lowest BCUT2D eigenvalue weighted by atomic mass is 10.2. The number of nitrogens with one attached hydrogen (secondary N) is 2. The van der Waals surface area contributed by atoms with Gasteiger partial charge in [-0.2, -0.15) is 5.10 Å². The van der Waals surface area contributed by atoms with E-state index in [2.05, 4.69) is 15.5 Å². The van der Waals surface area contributed by atoms with Crippen LogP contribution in [0.2, 0.25) is 10.0 Å². The standard InChI is InChI=1S/C18H12Cl2N4O4/c19-10-4-3-5-11(8-10)24-17(27)13(15(25)22-18(24)28)9-21-23-16(26)12-6-1-2-7-14(12)20/h1-9,27H,(H,23,26)(H,22,25,28). The molecule has 1 aromatic heterocycles. The molecule has 0 unspecified atom stereocenters. The Morgan fingerprint density at radius 1 is 1.14 bits per heavy atom. The lowest BCUT2D eigenvalue weighted by Gasteiger charge is -2.09. The van der Waals surface area contributed by atoms with E-state index in [0.717, 1.165) is 10.8 Å². The maximum atomic E-state index is 12.1. The van der Waals surface area contributed by atoms with Gasteiger partial charge in [0, 0.05) is 5.02 Å². The molecule has 0 aliphatic carbocycles. The zero-order valence-electron chi connectivity index (χ0n) is 14.0. The van der Waals surface area contributed by atoms with Crippen LogP contribution < -0.4 is 16.7 Å². The molecule has 8 nitrogen and oxygen atoms in total. The Hall–Kier alpha value is -3.36. The molecule has 28 heavy (non-hydrogen) atoms. The fourth-order valence-electron chi connectivity index (χ4n) is 2.37. The minimum atomic E-state index is -0.878. The van der Waals surface area contributed by atoms with E-state index < -0.39 is 23.0 Å². The largest absolute Gasteiger partial charge is 0.493 e. The topological polar surface area (TPSA) is 117 Å². The van der Waals surface area contributed by atoms with Crippen LogP contribution in [-0.4, -0.2) is 26.8 Å². The molecule has 0 atom stereocenters. The second-order valence-electron chi connectivity index (χ2n) is 5.49. The van der Waals surface area contributed by atoms with Gasteiger partial charge in [-0.25, -0.2) is 14.8 Å². The maximum Gasteiger partial charge on any atom is 0.335 e. The molecule has 1 amide bonds. The third-order valence-corrected chi connectivity index (χ3v) is 4.23. The van der Waals surface area contributed by atoms with Crippen LogP contribution in [0, 0.1) is 0 Å². The number of H-pyrrole nitrogens is 1. The first-order valence-electron chi connectivity index (χ1n) is 7.80. The van der Waals surface area contributed by atoms with E-state index in [4.69, 9.17) is 23.2 Å². The zero-order chi connectivity index (χ0) is 20.3. The van der Waals surface area contributed by atoms with Gasteiger partial charge in [0.25, 0.3) is 11.5 Å². The maximum absolute atomic E-state index is 12.1. The molecule has 0 fully saturated rings. The summed E-state index contributed by atoms with van der Waals surface area (Å²) in [5.74, 6) is -1.27. The number of carbonyl (C=O) groups is 1. The molecule has 1 heterocycles. The van der Waals surface area contributed by atoms with E-state index in [0.29, 0.717) is 5.02 Å². The van der Waals surface area contributed by atoms with Crippen molar-refractivity contribution in [3.63, 3.8) is 0 Å². The summed E-state index contributed by atoms with van der Waals surface area (Å²) >= 11 is 11.8. The number of nitrogens with zero attached hydrogens (tertiary/aromatic N) is 2. The Morgan fingerprint density at radius 3 is 2.61 bits per heavy atom. The van der Waals surface area contributed by atoms with E-state index in [9.17, 15) is 19.5 Å². The number of aromatic nitrogens is 2. The molecular weight excluding hydrogens is 407 g/mol. The van der Waals surface area contributed by atoms with E-state index in [1.165, 1.54) is 24.3 Å². The first-order chi connectivity index (χ1) is 13.4. The van der Waals surface area contributed by atoms with Gasteiger partial charge in [-0.1, -0.05) is 41.4 Å². The number of halogens is 2. The Labute approximate surface area is 167 Å². The highest BCUT2D eigenvalue weighted by Crippen LogP contribution is 2.18. The number of hydrazone groups is 1. The van der Waals surface area contributed by atoms with Crippen LogP contribution in [-0.2, 0) is 0 Å². The molecule has 0 aliphatic heterocycles. The lowest BCUT2D eigenvalue weighted by molar-refractivity contribution is 0.0955. The summed E-state index contributed by atoms with van der Waals surface area (Å²) in [5.41, 5.74) is 0.548. The van der Waals surface area contributed by atoms with Crippen LogP contribution in [0.3, 0.4) is 0 Å². The molecule has 3 rings (SSSR count). The summed E-state index contributed by atoms with van der Waals surface area (Å²) in [6.07, 6.45) is 0.920. The molecule has 0 saturated heterocycles. The molecule has 0 bridgehead atoms. The summed E-state index contributed by atoms with van der Waals surface area (Å²) in [6.45, 7) is 0. The third-order valence-electron chi connectivity index (χ3n) is 3.67. The van der Waals surface area contributed by atoms with Gasteiger partial charge in [0.05, 0.1) is 22.5 Å². The van der Waals surface area contributed by atoms with Crippen molar-refractivity contribution in [2.45, 2.75) is 0 Å². The van der Waals surface area contributed by atoms with Crippen LogP contribution in [0.25, 0.3) is 5.69 Å². The quantitative estimate of drug-likeness (QED) is 0.445. The predicted molar refractivity (Wildman–Crippen MR) is 106 cm³/mol. The summed E-state index contributed by atoms with van der Waals surface area (Å²) in [5, 5.41) is 14.6. The van der Waals surface area contributed by atoms with Gasteiger partial charge < -0.3 is 5.11 Å². The molecule has 142 valence electrons. The molecular formula is C18H12Cl2N4O4. The Bertz CT molecular complexity index is 1200. The SMILES string of the molecule is O=C(NN=Cc1c(O)n(-c2cccc(Cl)c2)c(=O)[nH]c1=O)c1ccccc1Cl. The molecule has 3 aromatic rings. The van der Waals surface area contributed by atoms with Crippen molar-refractivity contribution in [3.8, 4) is 11.6 Å². The zero-order valence-corrected chi connectivity index (χ0v) is 15.5. The van der Waals surface area contributed by atoms with Crippen LogP contribution >= 0.6 is 23.2 Å². The van der Waals surface area contributed by atoms with E-state index in [-0.39, 0.29) is 21.8 Å². The van der Waals surface area contributed by atoms with Crippen molar-refractivity contribution >= 4 is 35.3 Å². The molecule has 3 N–H and O–H groups in total. The van der Waals surface area contributed by atoms with Crippen molar-refractivity contribution in [1.29, 1.82) is 0 Å². The van der Waals surface area contributed by atoms with Gasteiger partial charge in [-0.15, -0.1) is 0 Å². The van der Waals surface area contributed by atoms with Crippen LogP contribution in [0.15, 0.2) is 63.2 Å².